The zero-order valence-corrected chi connectivity index (χ0v) is 28.9. The monoisotopic (exact) mass is 577 g/mol. The van der Waals surface area contributed by atoms with Gasteiger partial charge in [-0.05, 0) is 76.9 Å². The molecule has 1 amide bonds. The molecule has 0 radical (unpaired) electrons. The van der Waals surface area contributed by atoms with Gasteiger partial charge in [0.2, 0.25) is 5.91 Å². The summed E-state index contributed by atoms with van der Waals surface area (Å²) in [6.07, 6.45) is 40.0. The van der Waals surface area contributed by atoms with Gasteiger partial charge < -0.3 is 10.2 Å². The topological polar surface area (TPSA) is 32.3 Å². The van der Waals surface area contributed by atoms with Crippen molar-refractivity contribution in [2.45, 2.75) is 200 Å². The maximum atomic E-state index is 12.2. The van der Waals surface area contributed by atoms with Gasteiger partial charge in [0.15, 0.2) is 0 Å². The summed E-state index contributed by atoms with van der Waals surface area (Å²) in [5.74, 6) is 1.25. The van der Waals surface area contributed by atoms with E-state index >= 15 is 0 Å². The van der Waals surface area contributed by atoms with Crippen LogP contribution in [0.15, 0.2) is 0 Å². The van der Waals surface area contributed by atoms with E-state index in [2.05, 4.69) is 38.2 Å². The fourth-order valence-electron chi connectivity index (χ4n) is 6.79. The number of unbranched alkanes of at least 4 members (excludes halogenated alkanes) is 16. The van der Waals surface area contributed by atoms with Gasteiger partial charge in [-0.25, -0.2) is 0 Å². The van der Waals surface area contributed by atoms with Crippen LogP contribution in [0.4, 0.5) is 0 Å². The minimum atomic E-state index is 0.274. The van der Waals surface area contributed by atoms with E-state index in [9.17, 15) is 4.79 Å². The van der Waals surface area contributed by atoms with Gasteiger partial charge >= 0.3 is 0 Å². The molecule has 1 fully saturated rings. The Labute approximate surface area is 259 Å². The second-order valence-electron chi connectivity index (χ2n) is 14.4. The van der Waals surface area contributed by atoms with Crippen LogP contribution in [0.5, 0.6) is 0 Å². The van der Waals surface area contributed by atoms with Crippen molar-refractivity contribution >= 4 is 5.91 Å². The standard InChI is InChI=1S/C38H76N2O/c1-5-7-9-11-13-15-17-19-26-36(27-20-18-16-14-12-10-8-6-2)28-21-22-30-38(32-33-38)31-25-29-37(41)39-34-23-24-35-40(3)4/h36H,5-35H2,1-4H3,(H,39,41). The molecule has 3 heteroatoms. The van der Waals surface area contributed by atoms with E-state index in [1.54, 1.807) is 0 Å². The van der Waals surface area contributed by atoms with Crippen LogP contribution in [-0.4, -0.2) is 38.0 Å². The van der Waals surface area contributed by atoms with Gasteiger partial charge in [-0.1, -0.05) is 149 Å². The van der Waals surface area contributed by atoms with Crippen molar-refractivity contribution in [3.8, 4) is 0 Å². The summed E-state index contributed by atoms with van der Waals surface area (Å²) < 4.78 is 0. The molecule has 244 valence electrons. The van der Waals surface area contributed by atoms with Crippen LogP contribution in [-0.2, 0) is 4.79 Å². The van der Waals surface area contributed by atoms with Crippen LogP contribution >= 0.6 is 0 Å². The highest BCUT2D eigenvalue weighted by molar-refractivity contribution is 5.75. The van der Waals surface area contributed by atoms with Crippen LogP contribution in [0.1, 0.15) is 200 Å². The fraction of sp³-hybridized carbons (Fsp3) is 0.974. The van der Waals surface area contributed by atoms with Gasteiger partial charge in [-0.3, -0.25) is 4.79 Å². The molecule has 1 rings (SSSR count). The predicted molar refractivity (Wildman–Crippen MR) is 183 cm³/mol. The van der Waals surface area contributed by atoms with Gasteiger partial charge in [0.1, 0.15) is 0 Å². The maximum absolute atomic E-state index is 12.2. The van der Waals surface area contributed by atoms with E-state index in [0.29, 0.717) is 5.41 Å². The minimum Gasteiger partial charge on any atom is -0.356 e. The van der Waals surface area contributed by atoms with Gasteiger partial charge in [0.05, 0.1) is 0 Å². The Morgan fingerprint density at radius 1 is 0.610 bits per heavy atom. The lowest BCUT2D eigenvalue weighted by atomic mass is 9.87. The summed E-state index contributed by atoms with van der Waals surface area (Å²) >= 11 is 0. The Morgan fingerprint density at radius 2 is 1.07 bits per heavy atom. The summed E-state index contributed by atoms with van der Waals surface area (Å²) in [6.45, 7) is 6.58. The zero-order chi connectivity index (χ0) is 29.9. The first-order valence-corrected chi connectivity index (χ1v) is 18.9. The van der Waals surface area contributed by atoms with E-state index < -0.39 is 0 Å². The molecule has 1 aliphatic rings. The summed E-state index contributed by atoms with van der Waals surface area (Å²) in [4.78, 5) is 14.4. The lowest BCUT2D eigenvalue weighted by Gasteiger charge is -2.19. The molecule has 0 aliphatic heterocycles. The van der Waals surface area contributed by atoms with Crippen molar-refractivity contribution in [1.29, 1.82) is 0 Å². The van der Waals surface area contributed by atoms with Gasteiger partial charge in [0.25, 0.3) is 0 Å². The van der Waals surface area contributed by atoms with E-state index in [0.717, 1.165) is 44.7 Å². The summed E-state index contributed by atoms with van der Waals surface area (Å²) in [5, 5.41) is 3.14. The average Bonchev–Trinajstić information content (AvgIpc) is 3.72. The zero-order valence-electron chi connectivity index (χ0n) is 28.9. The third kappa shape index (κ3) is 24.6. The molecule has 1 N–H and O–H groups in total. The Bertz CT molecular complexity index is 551. The largest absolute Gasteiger partial charge is 0.356 e. The summed E-state index contributed by atoms with van der Waals surface area (Å²) in [5.41, 5.74) is 0.608. The molecule has 0 aromatic rings. The molecule has 0 aromatic carbocycles. The molecule has 0 heterocycles. The Hall–Kier alpha value is -0.570. The van der Waals surface area contributed by atoms with Crippen LogP contribution < -0.4 is 5.32 Å². The normalized spacial score (nSPS) is 14.3. The van der Waals surface area contributed by atoms with Crippen molar-refractivity contribution in [1.82, 2.24) is 10.2 Å². The van der Waals surface area contributed by atoms with Crippen LogP contribution in [0.25, 0.3) is 0 Å². The second-order valence-corrected chi connectivity index (χ2v) is 14.4. The first kappa shape index (κ1) is 38.5. The number of nitrogens with zero attached hydrogens (tertiary/aromatic N) is 1. The highest BCUT2D eigenvalue weighted by Crippen LogP contribution is 2.53. The number of rotatable bonds is 32. The van der Waals surface area contributed by atoms with Crippen LogP contribution in [0.3, 0.4) is 0 Å². The molecule has 0 bridgehead atoms. The van der Waals surface area contributed by atoms with E-state index in [1.165, 1.54) is 161 Å². The fourth-order valence-corrected chi connectivity index (χ4v) is 6.79. The number of carbonyl (C=O) groups is 1. The number of nitrogens with one attached hydrogen (secondary N) is 1. The van der Waals surface area contributed by atoms with E-state index in [-0.39, 0.29) is 5.91 Å². The first-order valence-electron chi connectivity index (χ1n) is 18.9. The van der Waals surface area contributed by atoms with Crippen LogP contribution in [0.2, 0.25) is 0 Å². The molecule has 0 atom stereocenters. The number of hydrogen-bond acceptors (Lipinski definition) is 2. The van der Waals surface area contributed by atoms with E-state index in [1.807, 2.05) is 0 Å². The molecule has 0 saturated heterocycles. The predicted octanol–water partition coefficient (Wildman–Crippen LogP) is 11.6. The Kier molecular flexibility index (Phi) is 25.3. The molecular weight excluding hydrogens is 500 g/mol. The molecule has 0 unspecified atom stereocenters. The van der Waals surface area contributed by atoms with Crippen molar-refractivity contribution in [3.05, 3.63) is 0 Å². The van der Waals surface area contributed by atoms with Gasteiger partial charge in [-0.15, -0.1) is 0 Å². The molecule has 1 aliphatic carbocycles. The third-order valence-electron chi connectivity index (χ3n) is 9.92. The van der Waals surface area contributed by atoms with Crippen molar-refractivity contribution < 1.29 is 4.79 Å². The van der Waals surface area contributed by atoms with Gasteiger partial charge in [0, 0.05) is 13.0 Å². The molecule has 3 nitrogen and oxygen atoms in total. The smallest absolute Gasteiger partial charge is 0.219 e. The van der Waals surface area contributed by atoms with Crippen molar-refractivity contribution in [3.63, 3.8) is 0 Å². The average molecular weight is 577 g/mol. The lowest BCUT2D eigenvalue weighted by Crippen LogP contribution is -2.25. The number of carbonyl (C=O) groups excluding carboxylic acids is 1. The molecule has 1 saturated carbocycles. The quantitative estimate of drug-likeness (QED) is 0.0808. The molecule has 0 spiro atoms. The number of hydrogen-bond donors (Lipinski definition) is 1. The van der Waals surface area contributed by atoms with E-state index in [4.69, 9.17) is 0 Å². The summed E-state index contributed by atoms with van der Waals surface area (Å²) in [6, 6.07) is 0. The third-order valence-corrected chi connectivity index (χ3v) is 9.92. The molecule has 41 heavy (non-hydrogen) atoms. The highest BCUT2D eigenvalue weighted by atomic mass is 16.1. The highest BCUT2D eigenvalue weighted by Gasteiger charge is 2.40. The van der Waals surface area contributed by atoms with Crippen molar-refractivity contribution in [2.24, 2.45) is 11.3 Å². The minimum absolute atomic E-state index is 0.274. The number of amides is 1. The summed E-state index contributed by atoms with van der Waals surface area (Å²) in [7, 11) is 4.22. The Morgan fingerprint density at radius 3 is 1.56 bits per heavy atom. The second kappa shape index (κ2) is 27.0. The maximum Gasteiger partial charge on any atom is 0.219 e. The first-order chi connectivity index (χ1) is 20.0. The van der Waals surface area contributed by atoms with Crippen molar-refractivity contribution in [2.75, 3.05) is 27.2 Å². The molecule has 0 aromatic heterocycles. The molecular formula is C38H76N2O. The lowest BCUT2D eigenvalue weighted by molar-refractivity contribution is -0.121. The SMILES string of the molecule is CCCCCCCCCCC(CCCCCCCCCC)CCCCC1(CCCC(=O)NCCCCN(C)C)CC1. The van der Waals surface area contributed by atoms with Gasteiger partial charge in [-0.2, -0.15) is 0 Å². The Balaban J connectivity index is 2.20. The van der Waals surface area contributed by atoms with Crippen LogP contribution in [0, 0.1) is 11.3 Å².